The zero-order valence-electron chi connectivity index (χ0n) is 51.5. The standard InChI is InChI=1S/C69H122N2O8/c1-5-56-42-54(43-57(6-2)68(56)70(60-29-21-50(22-30-60)46-76-64-17-9-13-37-72-64)61-31-23-51(24-32-61)47-77-65-18-10-14-38-73-65)41-55-44-58(7-3)69(59(8-4)45-55)71(62-33-25-52(26-34-62)48-78-66-19-11-15-39-74-66)63-35-27-53(28-36-63)49-79-67-20-12-16-40-75-67/h50-69H,5-49H2,1-4H3. The quantitative estimate of drug-likeness (QED) is 0.0932. The van der Waals surface area contributed by atoms with Crippen LogP contribution in [0.4, 0.5) is 0 Å². The number of hydrogen-bond acceptors (Lipinski definition) is 10. The van der Waals surface area contributed by atoms with Crippen LogP contribution in [0.2, 0.25) is 0 Å². The lowest BCUT2D eigenvalue weighted by Gasteiger charge is -2.56. The highest BCUT2D eigenvalue weighted by Crippen LogP contribution is 2.51. The number of rotatable bonds is 24. The topological polar surface area (TPSA) is 80.3 Å². The van der Waals surface area contributed by atoms with Crippen LogP contribution in [0.25, 0.3) is 0 Å². The molecule has 8 atom stereocenters. The van der Waals surface area contributed by atoms with Gasteiger partial charge in [0, 0.05) is 62.7 Å². The van der Waals surface area contributed by atoms with Gasteiger partial charge in [0.1, 0.15) is 0 Å². The maximum atomic E-state index is 6.45. The van der Waals surface area contributed by atoms with Crippen molar-refractivity contribution in [1.29, 1.82) is 0 Å². The van der Waals surface area contributed by atoms with Gasteiger partial charge < -0.3 is 37.9 Å². The average Bonchev–Trinajstić information content (AvgIpc) is 3.57. The van der Waals surface area contributed by atoms with E-state index in [9.17, 15) is 0 Å². The van der Waals surface area contributed by atoms with E-state index in [4.69, 9.17) is 37.9 Å². The van der Waals surface area contributed by atoms with Gasteiger partial charge in [-0.15, -0.1) is 0 Å². The second kappa shape index (κ2) is 32.4. The molecule has 6 saturated carbocycles. The fraction of sp³-hybridized carbons (Fsp3) is 1.00. The van der Waals surface area contributed by atoms with Crippen LogP contribution in [0.5, 0.6) is 0 Å². The first-order valence-corrected chi connectivity index (χ1v) is 35.4. The van der Waals surface area contributed by atoms with Crippen LogP contribution >= 0.6 is 0 Å². The van der Waals surface area contributed by atoms with E-state index in [0.29, 0.717) is 47.8 Å². The minimum Gasteiger partial charge on any atom is -0.353 e. The summed E-state index contributed by atoms with van der Waals surface area (Å²) < 4.78 is 49.9. The van der Waals surface area contributed by atoms with Crippen molar-refractivity contribution in [2.75, 3.05) is 52.9 Å². The van der Waals surface area contributed by atoms with E-state index >= 15 is 0 Å². The molecule has 0 radical (unpaired) electrons. The first-order valence-electron chi connectivity index (χ1n) is 35.4. The van der Waals surface area contributed by atoms with Crippen molar-refractivity contribution >= 4 is 0 Å². The molecule has 4 heterocycles. The van der Waals surface area contributed by atoms with Crippen molar-refractivity contribution in [2.24, 2.45) is 59.2 Å². The van der Waals surface area contributed by atoms with Crippen LogP contribution in [0, 0.1) is 59.2 Å². The molecule has 8 unspecified atom stereocenters. The van der Waals surface area contributed by atoms with Gasteiger partial charge in [-0.1, -0.05) is 53.4 Å². The van der Waals surface area contributed by atoms with Crippen LogP contribution in [-0.4, -0.2) is 124 Å². The molecule has 0 bridgehead atoms. The zero-order chi connectivity index (χ0) is 54.2. The van der Waals surface area contributed by atoms with E-state index < -0.39 is 0 Å². The molecule has 10 heteroatoms. The minimum absolute atomic E-state index is 0.0363. The molecule has 10 nitrogen and oxygen atoms in total. The van der Waals surface area contributed by atoms with Gasteiger partial charge in [-0.25, -0.2) is 0 Å². The molecule has 0 amide bonds. The van der Waals surface area contributed by atoms with Gasteiger partial charge >= 0.3 is 0 Å². The highest BCUT2D eigenvalue weighted by Gasteiger charge is 2.49. The van der Waals surface area contributed by atoms with E-state index in [1.54, 1.807) is 0 Å². The van der Waals surface area contributed by atoms with Gasteiger partial charge in [0.25, 0.3) is 0 Å². The van der Waals surface area contributed by atoms with Crippen LogP contribution in [0.1, 0.15) is 265 Å². The number of ether oxygens (including phenoxy) is 8. The summed E-state index contributed by atoms with van der Waals surface area (Å²) in [4.78, 5) is 6.61. The molecule has 0 aromatic carbocycles. The molecular formula is C69H122N2O8. The molecule has 4 saturated heterocycles. The number of nitrogens with zero attached hydrogens (tertiary/aromatic N) is 2. The molecule has 0 spiro atoms. The molecule has 4 aliphatic heterocycles. The summed E-state index contributed by atoms with van der Waals surface area (Å²) in [7, 11) is 0. The first-order chi connectivity index (χ1) is 38.9. The van der Waals surface area contributed by atoms with Crippen molar-refractivity contribution in [3.8, 4) is 0 Å². The molecule has 456 valence electrons. The van der Waals surface area contributed by atoms with Crippen molar-refractivity contribution in [3.05, 3.63) is 0 Å². The van der Waals surface area contributed by atoms with Crippen molar-refractivity contribution in [2.45, 2.75) is 327 Å². The second-order valence-electron chi connectivity index (χ2n) is 28.7. The lowest BCUT2D eigenvalue weighted by atomic mass is 9.62. The average molecular weight is 1110 g/mol. The summed E-state index contributed by atoms with van der Waals surface area (Å²) >= 11 is 0. The molecular weight excluding hydrogens is 985 g/mol. The van der Waals surface area contributed by atoms with Crippen LogP contribution in [0.3, 0.4) is 0 Å². The zero-order valence-corrected chi connectivity index (χ0v) is 51.5. The van der Waals surface area contributed by atoms with Crippen molar-refractivity contribution in [1.82, 2.24) is 9.80 Å². The molecule has 79 heavy (non-hydrogen) atoms. The molecule has 10 rings (SSSR count). The lowest BCUT2D eigenvalue weighted by Crippen LogP contribution is -2.59. The summed E-state index contributed by atoms with van der Waals surface area (Å²) in [6.07, 6.45) is 48.2. The predicted molar refractivity (Wildman–Crippen MR) is 318 cm³/mol. The predicted octanol–water partition coefficient (Wildman–Crippen LogP) is 16.1. The van der Waals surface area contributed by atoms with Gasteiger partial charge in [-0.05, 0) is 271 Å². The molecule has 0 aromatic rings. The Morgan fingerprint density at radius 2 is 0.532 bits per heavy atom. The van der Waals surface area contributed by atoms with Gasteiger partial charge in [-0.3, -0.25) is 9.80 Å². The fourth-order valence-corrected chi connectivity index (χ4v) is 19.0. The SMILES string of the molecule is CCC1CC(CC2CC(CC)C(N(C3CCC(COC4CCCCO4)CC3)C3CCC(COC4CCCCO4)CC3)C(CC)C2)CC(CC)C1N(C1CCC(COC2CCCCO2)CC1)C1CCC(COC2CCCCO2)CC1. The minimum atomic E-state index is 0.0363. The second-order valence-corrected chi connectivity index (χ2v) is 28.7. The Morgan fingerprint density at radius 3 is 0.734 bits per heavy atom. The Balaban J connectivity index is 0.791. The molecule has 10 aliphatic rings. The Bertz CT molecular complexity index is 1410. The summed E-state index contributed by atoms with van der Waals surface area (Å²) in [6.45, 7) is 17.4. The van der Waals surface area contributed by atoms with Crippen LogP contribution in [-0.2, 0) is 37.9 Å². The lowest BCUT2D eigenvalue weighted by molar-refractivity contribution is -0.172. The van der Waals surface area contributed by atoms with E-state index in [0.717, 1.165) is 126 Å². The monoisotopic (exact) mass is 1110 g/mol. The Hall–Kier alpha value is -0.400. The third-order valence-corrected chi connectivity index (χ3v) is 23.5. The van der Waals surface area contributed by atoms with Crippen LogP contribution < -0.4 is 0 Å². The summed E-state index contributed by atoms with van der Waals surface area (Å²) in [5, 5.41) is 0. The van der Waals surface area contributed by atoms with Crippen molar-refractivity contribution < 1.29 is 37.9 Å². The van der Waals surface area contributed by atoms with Gasteiger partial charge in [0.2, 0.25) is 0 Å². The largest absolute Gasteiger partial charge is 0.353 e. The molecule has 10 fully saturated rings. The molecule has 6 aliphatic carbocycles. The fourth-order valence-electron chi connectivity index (χ4n) is 19.0. The van der Waals surface area contributed by atoms with Crippen molar-refractivity contribution in [3.63, 3.8) is 0 Å². The third-order valence-electron chi connectivity index (χ3n) is 23.5. The normalized spacial score (nSPS) is 42.3. The summed E-state index contributed by atoms with van der Waals surface area (Å²) in [6, 6.07) is 4.32. The number of hydrogen-bond donors (Lipinski definition) is 0. The van der Waals surface area contributed by atoms with Gasteiger partial charge in [0.05, 0.1) is 26.4 Å². The Labute approximate surface area is 484 Å². The van der Waals surface area contributed by atoms with E-state index in [1.807, 2.05) is 0 Å². The summed E-state index contributed by atoms with van der Waals surface area (Å²) in [5.41, 5.74) is 0. The Morgan fingerprint density at radius 1 is 0.291 bits per heavy atom. The summed E-state index contributed by atoms with van der Waals surface area (Å²) in [5.74, 6) is 7.70. The smallest absolute Gasteiger partial charge is 0.157 e. The van der Waals surface area contributed by atoms with E-state index in [2.05, 4.69) is 37.5 Å². The maximum Gasteiger partial charge on any atom is 0.157 e. The Kier molecular flexibility index (Phi) is 25.3. The molecule has 0 aromatic heterocycles. The first kappa shape index (κ1) is 61.7. The van der Waals surface area contributed by atoms with Gasteiger partial charge in [0.15, 0.2) is 25.2 Å². The van der Waals surface area contributed by atoms with E-state index in [-0.39, 0.29) is 25.2 Å². The highest BCUT2D eigenvalue weighted by atomic mass is 16.7. The highest BCUT2D eigenvalue weighted by molar-refractivity contribution is 5.02. The van der Waals surface area contributed by atoms with Gasteiger partial charge in [-0.2, -0.15) is 0 Å². The molecule has 0 N–H and O–H groups in total. The van der Waals surface area contributed by atoms with Crippen LogP contribution in [0.15, 0.2) is 0 Å². The third kappa shape index (κ3) is 17.4. The van der Waals surface area contributed by atoms with E-state index in [1.165, 1.54) is 212 Å². The maximum absolute atomic E-state index is 6.45.